The maximum Gasteiger partial charge on any atom is 0.311 e. The lowest BCUT2D eigenvalue weighted by Crippen LogP contribution is -2.26. The zero-order chi connectivity index (χ0) is 19.5. The van der Waals surface area contributed by atoms with Crippen LogP contribution in [-0.4, -0.2) is 28.9 Å². The van der Waals surface area contributed by atoms with E-state index in [0.717, 1.165) is 30.1 Å². The Labute approximate surface area is 167 Å². The second-order valence-corrected chi connectivity index (χ2v) is 7.14. The number of amides is 1. The van der Waals surface area contributed by atoms with Gasteiger partial charge in [0.15, 0.2) is 0 Å². The quantitative estimate of drug-likeness (QED) is 0.709. The second kappa shape index (κ2) is 8.12. The van der Waals surface area contributed by atoms with Crippen molar-refractivity contribution in [2.45, 2.75) is 19.4 Å². The summed E-state index contributed by atoms with van der Waals surface area (Å²) >= 11 is 5.87. The van der Waals surface area contributed by atoms with E-state index < -0.39 is 5.82 Å². The van der Waals surface area contributed by atoms with E-state index in [9.17, 15) is 9.18 Å². The van der Waals surface area contributed by atoms with Gasteiger partial charge in [-0.1, -0.05) is 35.9 Å². The third-order valence-corrected chi connectivity index (χ3v) is 5.00. The van der Waals surface area contributed by atoms with Crippen LogP contribution in [0.25, 0.3) is 0 Å². The molecule has 0 unspecified atom stereocenters. The highest BCUT2D eigenvalue weighted by Gasteiger charge is 2.23. The van der Waals surface area contributed by atoms with E-state index in [-0.39, 0.29) is 16.8 Å². The Morgan fingerprint density at radius 3 is 2.75 bits per heavy atom. The number of benzene rings is 2. The molecule has 0 bridgehead atoms. The lowest BCUT2D eigenvalue weighted by Gasteiger charge is -2.19. The number of carbonyl (C=O) groups is 1. The number of hydrogen-bond acceptors (Lipinski definition) is 4. The molecule has 0 spiro atoms. The van der Waals surface area contributed by atoms with E-state index in [1.54, 1.807) is 12.1 Å². The first-order valence-corrected chi connectivity index (χ1v) is 9.47. The Balaban J connectivity index is 1.39. The summed E-state index contributed by atoms with van der Waals surface area (Å²) in [7, 11) is 0. The van der Waals surface area contributed by atoms with Gasteiger partial charge in [-0.2, -0.15) is 0 Å². The van der Waals surface area contributed by atoms with Crippen molar-refractivity contribution in [1.29, 1.82) is 0 Å². The van der Waals surface area contributed by atoms with Gasteiger partial charge in [0.05, 0.1) is 10.7 Å². The zero-order valence-electron chi connectivity index (χ0n) is 15.1. The van der Waals surface area contributed by atoms with E-state index in [0.29, 0.717) is 25.1 Å². The average molecular weight is 400 g/mol. The van der Waals surface area contributed by atoms with E-state index in [4.69, 9.17) is 16.0 Å². The number of nitrogens with zero attached hydrogens (tertiary/aromatic N) is 2. The molecule has 7 heteroatoms. The largest absolute Gasteiger partial charge is 0.437 e. The van der Waals surface area contributed by atoms with Crippen LogP contribution in [0.15, 0.2) is 52.9 Å². The molecule has 0 radical (unpaired) electrons. The number of para-hydroxylation sites is 1. The summed E-state index contributed by atoms with van der Waals surface area (Å²) in [6.07, 6.45) is 1.35. The highest BCUT2D eigenvalue weighted by molar-refractivity contribution is 6.30. The summed E-state index contributed by atoms with van der Waals surface area (Å²) in [5, 5.41) is 2.92. The van der Waals surface area contributed by atoms with Crippen molar-refractivity contribution in [2.24, 2.45) is 0 Å². The summed E-state index contributed by atoms with van der Waals surface area (Å²) < 4.78 is 19.1. The number of halogens is 2. The predicted molar refractivity (Wildman–Crippen MR) is 105 cm³/mol. The van der Waals surface area contributed by atoms with Crippen molar-refractivity contribution < 1.29 is 13.6 Å². The van der Waals surface area contributed by atoms with Crippen molar-refractivity contribution in [3.05, 3.63) is 82.3 Å². The summed E-state index contributed by atoms with van der Waals surface area (Å²) in [5.41, 5.74) is 2.48. The van der Waals surface area contributed by atoms with Gasteiger partial charge in [-0.3, -0.25) is 9.69 Å². The number of oxazole rings is 1. The van der Waals surface area contributed by atoms with Crippen LogP contribution in [0.4, 0.5) is 10.1 Å². The Morgan fingerprint density at radius 1 is 1.18 bits per heavy atom. The predicted octanol–water partition coefficient (Wildman–Crippen LogP) is 4.32. The normalized spacial score (nSPS) is 14.4. The van der Waals surface area contributed by atoms with Crippen molar-refractivity contribution in [3.8, 4) is 0 Å². The summed E-state index contributed by atoms with van der Waals surface area (Å²) in [5.74, 6) is 0.0773. The third-order valence-electron chi connectivity index (χ3n) is 4.71. The molecule has 0 atom stereocenters. The highest BCUT2D eigenvalue weighted by atomic mass is 35.5. The topological polar surface area (TPSA) is 58.4 Å². The van der Waals surface area contributed by atoms with Crippen LogP contribution in [0.1, 0.15) is 27.7 Å². The van der Waals surface area contributed by atoms with Crippen LogP contribution in [0.2, 0.25) is 5.02 Å². The fraction of sp³-hybridized carbons (Fsp3) is 0.238. The summed E-state index contributed by atoms with van der Waals surface area (Å²) in [6.45, 7) is 2.21. The molecule has 3 aromatic rings. The van der Waals surface area contributed by atoms with Crippen molar-refractivity contribution in [1.82, 2.24) is 9.88 Å². The first-order valence-electron chi connectivity index (χ1n) is 9.10. The maximum atomic E-state index is 13.3. The Bertz CT molecular complexity index is 965. The Kier molecular flexibility index (Phi) is 5.41. The van der Waals surface area contributed by atoms with E-state index in [1.807, 2.05) is 30.3 Å². The fourth-order valence-electron chi connectivity index (χ4n) is 3.27. The monoisotopic (exact) mass is 399 g/mol. The van der Waals surface area contributed by atoms with Crippen LogP contribution >= 0.6 is 11.6 Å². The molecule has 1 aliphatic heterocycles. The molecule has 4 rings (SSSR count). The molecule has 1 aliphatic rings. The van der Waals surface area contributed by atoms with Gasteiger partial charge in [-0.15, -0.1) is 0 Å². The molecule has 0 saturated heterocycles. The molecule has 1 amide bonds. The van der Waals surface area contributed by atoms with E-state index in [2.05, 4.69) is 15.2 Å². The number of aromatic nitrogens is 1. The molecule has 5 nitrogen and oxygen atoms in total. The van der Waals surface area contributed by atoms with Crippen LogP contribution in [0.3, 0.4) is 0 Å². The van der Waals surface area contributed by atoms with Gasteiger partial charge in [-0.05, 0) is 29.8 Å². The maximum absolute atomic E-state index is 13.3. The number of nitrogens with one attached hydrogen (secondary N) is 1. The molecule has 0 fully saturated rings. The Hall–Kier alpha value is -2.70. The average Bonchev–Trinajstić information content (AvgIpc) is 3.02. The third kappa shape index (κ3) is 4.24. The summed E-state index contributed by atoms with van der Waals surface area (Å²) in [4.78, 5) is 19.0. The lowest BCUT2D eigenvalue weighted by molar-refractivity contribution is 0.0988. The van der Waals surface area contributed by atoms with Crippen molar-refractivity contribution in [3.63, 3.8) is 0 Å². The van der Waals surface area contributed by atoms with Crippen LogP contribution in [0.5, 0.6) is 0 Å². The van der Waals surface area contributed by atoms with Crippen LogP contribution in [0, 0.1) is 5.82 Å². The SMILES string of the molecule is O=C(Nc1ccccc1)c1nc2c(o1)CCN(Cc1ccc(F)c(Cl)c1)CC2. The lowest BCUT2D eigenvalue weighted by atomic mass is 10.2. The molecular weight excluding hydrogens is 381 g/mol. The minimum absolute atomic E-state index is 0.0904. The van der Waals surface area contributed by atoms with Crippen LogP contribution < -0.4 is 5.32 Å². The molecule has 0 aliphatic carbocycles. The fourth-order valence-corrected chi connectivity index (χ4v) is 3.47. The van der Waals surface area contributed by atoms with Gasteiger partial charge in [0.2, 0.25) is 0 Å². The van der Waals surface area contributed by atoms with E-state index in [1.165, 1.54) is 6.07 Å². The number of carbonyl (C=O) groups excluding carboxylic acids is 1. The number of hydrogen-bond donors (Lipinski definition) is 1. The minimum Gasteiger partial charge on any atom is -0.437 e. The van der Waals surface area contributed by atoms with Crippen molar-refractivity contribution in [2.75, 3.05) is 18.4 Å². The van der Waals surface area contributed by atoms with Crippen molar-refractivity contribution >= 4 is 23.2 Å². The second-order valence-electron chi connectivity index (χ2n) is 6.73. The standard InChI is InChI=1S/C21H19ClFN3O2/c22-16-12-14(6-7-17(16)23)13-26-10-8-18-19(9-11-26)28-21(25-18)20(27)24-15-4-2-1-3-5-15/h1-7,12H,8-11,13H2,(H,24,27). The van der Waals surface area contributed by atoms with Gasteiger partial charge in [-0.25, -0.2) is 9.37 Å². The van der Waals surface area contributed by atoms with Gasteiger partial charge >= 0.3 is 5.91 Å². The van der Waals surface area contributed by atoms with Gasteiger partial charge in [0.25, 0.3) is 5.89 Å². The highest BCUT2D eigenvalue weighted by Crippen LogP contribution is 2.21. The van der Waals surface area contributed by atoms with E-state index >= 15 is 0 Å². The van der Waals surface area contributed by atoms with Crippen LogP contribution in [-0.2, 0) is 19.4 Å². The van der Waals surface area contributed by atoms with Gasteiger partial charge in [0, 0.05) is 38.2 Å². The molecule has 2 heterocycles. The molecule has 144 valence electrons. The molecular formula is C21H19ClFN3O2. The minimum atomic E-state index is -0.411. The van der Waals surface area contributed by atoms with Gasteiger partial charge in [0.1, 0.15) is 11.6 Å². The first kappa shape index (κ1) is 18.7. The Morgan fingerprint density at radius 2 is 1.96 bits per heavy atom. The smallest absolute Gasteiger partial charge is 0.311 e. The molecule has 1 aromatic heterocycles. The summed E-state index contributed by atoms with van der Waals surface area (Å²) in [6, 6.07) is 14.0. The number of anilines is 1. The number of rotatable bonds is 4. The van der Waals surface area contributed by atoms with Gasteiger partial charge < -0.3 is 9.73 Å². The first-order chi connectivity index (χ1) is 13.6. The molecule has 28 heavy (non-hydrogen) atoms. The molecule has 0 saturated carbocycles. The number of fused-ring (bicyclic) bond motifs is 1. The zero-order valence-corrected chi connectivity index (χ0v) is 15.9. The molecule has 1 N–H and O–H groups in total. The molecule has 2 aromatic carbocycles.